The quantitative estimate of drug-likeness (QED) is 0.606. The van der Waals surface area contributed by atoms with Crippen LogP contribution in [0.4, 0.5) is 0 Å². The second-order valence-electron chi connectivity index (χ2n) is 8.52. The monoisotopic (exact) mass is 421 g/mol. The molecule has 0 N–H and O–H groups in total. The molecule has 1 atom stereocenters. The van der Waals surface area contributed by atoms with Crippen molar-refractivity contribution in [3.05, 3.63) is 47.7 Å². The number of amides is 1. The van der Waals surface area contributed by atoms with E-state index in [0.717, 1.165) is 61.5 Å². The van der Waals surface area contributed by atoms with Gasteiger partial charge in [0.05, 0.1) is 12.8 Å². The van der Waals surface area contributed by atoms with Crippen LogP contribution in [0, 0.1) is 5.92 Å². The first-order valence-corrected chi connectivity index (χ1v) is 10.9. The maximum atomic E-state index is 13.3. The second-order valence-corrected chi connectivity index (χ2v) is 8.52. The molecule has 2 aliphatic rings. The maximum absolute atomic E-state index is 13.3. The smallest absolute Gasteiger partial charge is 0.272 e. The number of hydrogen-bond acceptors (Lipinski definition) is 6. The molecule has 162 valence electrons. The van der Waals surface area contributed by atoms with Crippen molar-refractivity contribution in [2.24, 2.45) is 13.0 Å². The summed E-state index contributed by atoms with van der Waals surface area (Å²) in [5.41, 5.74) is 2.18. The topological polar surface area (TPSA) is 86.3 Å². The molecule has 1 saturated heterocycles. The number of rotatable bonds is 6. The van der Waals surface area contributed by atoms with E-state index in [1.807, 2.05) is 42.3 Å². The number of aryl methyl sites for hydroxylation is 1. The van der Waals surface area contributed by atoms with Crippen LogP contribution >= 0.6 is 0 Å². The fourth-order valence-corrected chi connectivity index (χ4v) is 4.34. The summed E-state index contributed by atoms with van der Waals surface area (Å²) in [5.74, 6) is 3.10. The first kappa shape index (κ1) is 19.8. The minimum absolute atomic E-state index is 0.00467. The first-order valence-electron chi connectivity index (χ1n) is 10.9. The number of methoxy groups -OCH3 is 1. The number of likely N-dealkylation sites (tertiary alicyclic amines) is 1. The highest BCUT2D eigenvalue weighted by Crippen LogP contribution is 2.38. The minimum Gasteiger partial charge on any atom is -0.496 e. The molecule has 3 heterocycles. The minimum atomic E-state index is 0.00467. The predicted molar refractivity (Wildman–Crippen MR) is 114 cm³/mol. The number of ether oxygens (including phenoxy) is 1. The fourth-order valence-electron chi connectivity index (χ4n) is 4.34. The van der Waals surface area contributed by atoms with Gasteiger partial charge in [-0.2, -0.15) is 10.1 Å². The van der Waals surface area contributed by atoms with E-state index in [0.29, 0.717) is 30.0 Å². The Kier molecular flexibility index (Phi) is 5.21. The van der Waals surface area contributed by atoms with Crippen molar-refractivity contribution in [3.8, 4) is 17.0 Å². The van der Waals surface area contributed by atoms with Gasteiger partial charge in [0.15, 0.2) is 5.82 Å². The van der Waals surface area contributed by atoms with Crippen LogP contribution in [0.1, 0.15) is 53.8 Å². The summed E-state index contributed by atoms with van der Waals surface area (Å²) in [5, 5.41) is 8.69. The average Bonchev–Trinajstić information content (AvgIpc) is 3.42. The van der Waals surface area contributed by atoms with Gasteiger partial charge in [-0.3, -0.25) is 9.48 Å². The van der Waals surface area contributed by atoms with Gasteiger partial charge in [-0.15, -0.1) is 0 Å². The van der Waals surface area contributed by atoms with E-state index in [1.165, 1.54) is 0 Å². The zero-order valence-electron chi connectivity index (χ0n) is 18.0. The van der Waals surface area contributed by atoms with Gasteiger partial charge in [-0.1, -0.05) is 17.3 Å². The summed E-state index contributed by atoms with van der Waals surface area (Å²) < 4.78 is 12.6. The molecule has 31 heavy (non-hydrogen) atoms. The number of carbonyl (C=O) groups excluding carboxylic acids is 1. The SMILES string of the molecule is COc1ccccc1-c1cc(C(=O)N2CCCC(Cc3nc(C4CC4)no3)C2)n(C)n1. The van der Waals surface area contributed by atoms with E-state index in [9.17, 15) is 4.79 Å². The Morgan fingerprint density at radius 1 is 1.26 bits per heavy atom. The summed E-state index contributed by atoms with van der Waals surface area (Å²) in [6.45, 7) is 1.44. The van der Waals surface area contributed by atoms with E-state index in [-0.39, 0.29) is 5.91 Å². The molecule has 8 heteroatoms. The molecule has 8 nitrogen and oxygen atoms in total. The lowest BCUT2D eigenvalue weighted by molar-refractivity contribution is 0.0657. The lowest BCUT2D eigenvalue weighted by Gasteiger charge is -2.32. The van der Waals surface area contributed by atoms with E-state index in [2.05, 4.69) is 15.2 Å². The van der Waals surface area contributed by atoms with Gasteiger partial charge in [-0.05, 0) is 49.8 Å². The summed E-state index contributed by atoms with van der Waals surface area (Å²) in [6, 6.07) is 9.56. The van der Waals surface area contributed by atoms with Gasteiger partial charge >= 0.3 is 0 Å². The molecular formula is C23H27N5O3. The van der Waals surface area contributed by atoms with Gasteiger partial charge in [0.1, 0.15) is 11.4 Å². The van der Waals surface area contributed by atoms with Crippen LogP contribution in [-0.2, 0) is 13.5 Å². The molecule has 0 bridgehead atoms. The normalized spacial score (nSPS) is 18.9. The molecule has 3 aromatic rings. The van der Waals surface area contributed by atoms with Crippen LogP contribution in [0.5, 0.6) is 5.75 Å². The maximum Gasteiger partial charge on any atom is 0.272 e. The zero-order valence-corrected chi connectivity index (χ0v) is 18.0. The Bertz CT molecular complexity index is 1080. The summed E-state index contributed by atoms with van der Waals surface area (Å²) in [6.07, 6.45) is 5.07. The molecule has 0 spiro atoms. The largest absolute Gasteiger partial charge is 0.496 e. The number of hydrogen-bond donors (Lipinski definition) is 0. The van der Waals surface area contributed by atoms with Gasteiger partial charge in [0.2, 0.25) is 5.89 Å². The first-order chi connectivity index (χ1) is 15.1. The fraction of sp³-hybridized carbons (Fsp3) is 0.478. The Hall–Kier alpha value is -3.16. The van der Waals surface area contributed by atoms with E-state index in [1.54, 1.807) is 11.8 Å². The van der Waals surface area contributed by atoms with Crippen LogP contribution in [0.15, 0.2) is 34.9 Å². The van der Waals surface area contributed by atoms with Gasteiger partial charge in [-0.25, -0.2) is 0 Å². The highest BCUT2D eigenvalue weighted by atomic mass is 16.5. The molecule has 1 aromatic carbocycles. The van der Waals surface area contributed by atoms with E-state index >= 15 is 0 Å². The van der Waals surface area contributed by atoms with Crippen molar-refractivity contribution in [3.63, 3.8) is 0 Å². The molecule has 1 aliphatic heterocycles. The van der Waals surface area contributed by atoms with Crippen LogP contribution in [-0.4, -0.2) is 50.9 Å². The van der Waals surface area contributed by atoms with Gasteiger partial charge in [0.25, 0.3) is 5.91 Å². The Balaban J connectivity index is 1.29. The third-order valence-corrected chi connectivity index (χ3v) is 6.18. The average molecular weight is 422 g/mol. The van der Waals surface area contributed by atoms with Crippen LogP contribution in [0.25, 0.3) is 11.3 Å². The van der Waals surface area contributed by atoms with Crippen molar-refractivity contribution < 1.29 is 14.1 Å². The lowest BCUT2D eigenvalue weighted by atomic mass is 9.94. The van der Waals surface area contributed by atoms with E-state index < -0.39 is 0 Å². The highest BCUT2D eigenvalue weighted by molar-refractivity contribution is 5.94. The lowest BCUT2D eigenvalue weighted by Crippen LogP contribution is -2.41. The Morgan fingerprint density at radius 2 is 2.10 bits per heavy atom. The molecule has 5 rings (SSSR count). The third-order valence-electron chi connectivity index (χ3n) is 6.18. The molecule has 1 aliphatic carbocycles. The van der Waals surface area contributed by atoms with Crippen molar-refractivity contribution in [1.82, 2.24) is 24.8 Å². The zero-order chi connectivity index (χ0) is 21.4. The highest BCUT2D eigenvalue weighted by Gasteiger charge is 2.31. The van der Waals surface area contributed by atoms with Crippen LogP contribution in [0.2, 0.25) is 0 Å². The second kappa shape index (κ2) is 8.17. The summed E-state index contributed by atoms with van der Waals surface area (Å²) in [4.78, 5) is 19.8. The van der Waals surface area contributed by atoms with E-state index in [4.69, 9.17) is 9.26 Å². The number of piperidine rings is 1. The molecule has 2 aromatic heterocycles. The van der Waals surface area contributed by atoms with Crippen molar-refractivity contribution in [2.75, 3.05) is 20.2 Å². The number of benzene rings is 1. The number of aromatic nitrogens is 4. The number of carbonyl (C=O) groups is 1. The molecule has 2 fully saturated rings. The Labute approximate surface area is 181 Å². The summed E-state index contributed by atoms with van der Waals surface area (Å²) in [7, 11) is 3.45. The molecule has 1 unspecified atom stereocenters. The van der Waals surface area contributed by atoms with Gasteiger partial charge < -0.3 is 14.2 Å². The van der Waals surface area contributed by atoms with Crippen molar-refractivity contribution >= 4 is 5.91 Å². The molecule has 1 saturated carbocycles. The van der Waals surface area contributed by atoms with Crippen molar-refractivity contribution in [1.29, 1.82) is 0 Å². The number of para-hydroxylation sites is 1. The van der Waals surface area contributed by atoms with Crippen molar-refractivity contribution in [2.45, 2.75) is 38.0 Å². The Morgan fingerprint density at radius 3 is 2.90 bits per heavy atom. The number of nitrogens with zero attached hydrogens (tertiary/aromatic N) is 5. The van der Waals surface area contributed by atoms with Crippen LogP contribution < -0.4 is 4.74 Å². The van der Waals surface area contributed by atoms with Gasteiger partial charge in [0, 0.05) is 38.0 Å². The standard InChI is InChI=1S/C23H27N5O3/c1-27-19(13-18(25-27)17-7-3-4-8-20(17)30-2)23(29)28-11-5-6-15(14-28)12-21-24-22(26-31-21)16-9-10-16/h3-4,7-8,13,15-16H,5-6,9-12,14H2,1-2H3. The molecule has 1 amide bonds. The predicted octanol–water partition coefficient (Wildman–Crippen LogP) is 3.45. The summed E-state index contributed by atoms with van der Waals surface area (Å²) >= 11 is 0. The molecular weight excluding hydrogens is 394 g/mol. The molecule has 0 radical (unpaired) electrons. The third kappa shape index (κ3) is 4.06. The van der Waals surface area contributed by atoms with Crippen LogP contribution in [0.3, 0.4) is 0 Å².